The van der Waals surface area contributed by atoms with Gasteiger partial charge in [0, 0.05) is 6.61 Å². The first-order valence-electron chi connectivity index (χ1n) is 20.3. The summed E-state index contributed by atoms with van der Waals surface area (Å²) in [4.78, 5) is 25.9. The Kier molecular flexibility index (Phi) is 36.3. The van der Waals surface area contributed by atoms with Crippen LogP contribution in [0.4, 0.5) is 0 Å². The van der Waals surface area contributed by atoms with Crippen molar-refractivity contribution in [3.05, 3.63) is 35.4 Å². The van der Waals surface area contributed by atoms with Gasteiger partial charge in [-0.25, -0.2) is 0 Å². The van der Waals surface area contributed by atoms with Gasteiger partial charge < -0.3 is 61.6 Å². The smallest absolute Gasteiger partial charge is 0.261 e. The third kappa shape index (κ3) is 29.4. The van der Waals surface area contributed by atoms with Gasteiger partial charge in [-0.2, -0.15) is 0 Å². The molecule has 0 atom stereocenters. The summed E-state index contributed by atoms with van der Waals surface area (Å²) in [5, 5.41) is 0. The fourth-order valence-electron chi connectivity index (χ4n) is 4.99. The fraction of sp³-hybridized carbons (Fsp3) is 0.800. The predicted octanol–water partition coefficient (Wildman–Crippen LogP) is 3.49. The third-order valence-electron chi connectivity index (χ3n) is 7.97. The Morgan fingerprint density at radius 3 is 0.860 bits per heavy atom. The Labute approximate surface area is 353 Å². The van der Waals surface area contributed by atoms with Gasteiger partial charge in [-0.3, -0.25) is 14.5 Å². The van der Waals surface area contributed by atoms with Crippen molar-refractivity contribution in [3.8, 4) is 0 Å². The van der Waals surface area contributed by atoms with E-state index < -0.39 is 0 Å². The van der Waals surface area contributed by atoms with Gasteiger partial charge in [0.1, 0.15) is 0 Å². The molecule has 57 heavy (non-hydrogen) atoms. The number of unbranched alkanes of at least 4 members (excludes halogenated alkanes) is 3. The molecule has 17 heteroatoms. The number of alkyl halides is 1. The molecule has 330 valence electrons. The summed E-state index contributed by atoms with van der Waals surface area (Å²) in [5.74, 6) is -0.557. The first kappa shape index (κ1) is 51.7. The average Bonchev–Trinajstić information content (AvgIpc) is 3.47. The van der Waals surface area contributed by atoms with E-state index in [-0.39, 0.29) is 25.0 Å². The third-order valence-corrected chi connectivity index (χ3v) is 8.74. The first-order chi connectivity index (χ1) is 28.3. The van der Waals surface area contributed by atoms with Crippen molar-refractivity contribution in [3.63, 3.8) is 0 Å². The Hall–Kier alpha value is -1.43. The number of carbonyl (C=O) groups excluding carboxylic acids is 2. The average molecular weight is 930 g/mol. The lowest BCUT2D eigenvalue weighted by Crippen LogP contribution is -2.33. The van der Waals surface area contributed by atoms with Gasteiger partial charge in [0.2, 0.25) is 0 Å². The van der Waals surface area contributed by atoms with Crippen LogP contribution in [-0.2, 0) is 61.6 Å². The summed E-state index contributed by atoms with van der Waals surface area (Å²) >= 11 is 2.42. The van der Waals surface area contributed by atoms with Gasteiger partial charge in [0.15, 0.2) is 0 Å². The second-order valence-electron chi connectivity index (χ2n) is 12.4. The number of amides is 2. The lowest BCUT2D eigenvalue weighted by atomic mass is 10.1. The predicted molar refractivity (Wildman–Crippen MR) is 220 cm³/mol. The minimum absolute atomic E-state index is 0.212. The number of carbonyl (C=O) groups is 2. The molecule has 1 aliphatic heterocycles. The monoisotopic (exact) mass is 929 g/mol. The summed E-state index contributed by atoms with van der Waals surface area (Å²) in [6.07, 6.45) is 4.95. The van der Waals surface area contributed by atoms with Crippen LogP contribution in [0.3, 0.4) is 0 Å². The molecule has 0 bridgehead atoms. The highest BCUT2D eigenvalue weighted by Crippen LogP contribution is 2.21. The molecule has 1 aliphatic rings. The van der Waals surface area contributed by atoms with Crippen LogP contribution in [0.15, 0.2) is 24.3 Å². The highest BCUT2D eigenvalue weighted by atomic mass is 127. The van der Waals surface area contributed by atoms with Crippen molar-refractivity contribution in [2.75, 3.05) is 183 Å². The Morgan fingerprint density at radius 2 is 0.579 bits per heavy atom. The van der Waals surface area contributed by atoms with Crippen LogP contribution in [0.1, 0.15) is 46.4 Å². The first-order valence-corrected chi connectivity index (χ1v) is 21.8. The maximum absolute atomic E-state index is 12.3. The Morgan fingerprint density at radius 1 is 0.333 bits per heavy atom. The van der Waals surface area contributed by atoms with Crippen molar-refractivity contribution in [1.82, 2.24) is 4.90 Å². The van der Waals surface area contributed by atoms with E-state index in [1.54, 1.807) is 24.3 Å². The van der Waals surface area contributed by atoms with E-state index in [1.165, 1.54) is 28.6 Å². The maximum atomic E-state index is 12.3. The quantitative estimate of drug-likeness (QED) is 0.0405. The van der Waals surface area contributed by atoms with E-state index in [0.717, 1.165) is 13.0 Å². The summed E-state index contributed by atoms with van der Waals surface area (Å²) in [5.41, 5.74) is 0.882. The van der Waals surface area contributed by atoms with Crippen molar-refractivity contribution >= 4 is 34.4 Å². The molecule has 0 spiro atoms. The summed E-state index contributed by atoms with van der Waals surface area (Å²) in [6, 6.07) is 6.82. The van der Waals surface area contributed by atoms with Gasteiger partial charge in [0.25, 0.3) is 11.8 Å². The molecular formula is C40H68INO15. The molecule has 0 saturated heterocycles. The van der Waals surface area contributed by atoms with Gasteiger partial charge in [-0.1, -0.05) is 47.6 Å². The van der Waals surface area contributed by atoms with Crippen LogP contribution in [0.5, 0.6) is 0 Å². The van der Waals surface area contributed by atoms with Gasteiger partial charge in [-0.15, -0.1) is 0 Å². The van der Waals surface area contributed by atoms with Crippen molar-refractivity contribution in [1.29, 1.82) is 0 Å². The number of nitrogens with zero attached hydrogens (tertiary/aromatic N) is 1. The Balaban J connectivity index is 1.14. The van der Waals surface area contributed by atoms with Crippen LogP contribution in [0, 0.1) is 0 Å². The minimum Gasteiger partial charge on any atom is -0.379 e. The molecule has 0 fully saturated rings. The molecule has 1 aromatic rings. The molecule has 0 N–H and O–H groups in total. The van der Waals surface area contributed by atoms with E-state index in [9.17, 15) is 9.59 Å². The molecule has 0 aromatic heterocycles. The van der Waals surface area contributed by atoms with Gasteiger partial charge >= 0.3 is 0 Å². The molecule has 1 heterocycles. The zero-order chi connectivity index (χ0) is 40.5. The normalized spacial score (nSPS) is 12.7. The summed E-state index contributed by atoms with van der Waals surface area (Å²) in [6.45, 7) is 13.2. The maximum Gasteiger partial charge on any atom is 0.261 e. The number of imide groups is 1. The van der Waals surface area contributed by atoms with Crippen molar-refractivity contribution in [2.45, 2.75) is 25.7 Å². The second kappa shape index (κ2) is 40.0. The largest absolute Gasteiger partial charge is 0.379 e. The minimum atomic E-state index is -0.278. The molecule has 2 amide bonds. The molecule has 1 aromatic carbocycles. The molecule has 0 aliphatic carbocycles. The number of fused-ring (bicyclic) bond motifs is 1. The zero-order valence-corrected chi connectivity index (χ0v) is 36.0. The van der Waals surface area contributed by atoms with E-state index >= 15 is 0 Å². The standard InChI is InChI=1S/C40H68INO15/c41-9-5-1-2-6-11-45-13-15-47-17-19-49-21-23-51-25-27-53-29-31-55-33-35-57-36-34-56-32-30-54-28-26-52-24-22-50-20-18-48-16-14-46-12-10-42-39(43)37-7-3-4-8-38(37)40(42)44/h3-4,7-8H,1-2,5-6,9-36H2. The number of halogens is 1. The van der Waals surface area contributed by atoms with E-state index in [4.69, 9.17) is 61.6 Å². The van der Waals surface area contributed by atoms with Crippen LogP contribution in [-0.4, -0.2) is 199 Å². The highest BCUT2D eigenvalue weighted by molar-refractivity contribution is 14.1. The van der Waals surface area contributed by atoms with Crippen molar-refractivity contribution < 1.29 is 71.2 Å². The SMILES string of the molecule is O=C1c2ccccc2C(=O)N1CCOCCOCCOCCOCCOCCOCCOCCOCCOCCOCCOCCOCCOCCCCCCI. The fourth-order valence-corrected chi connectivity index (χ4v) is 5.53. The molecule has 0 unspecified atom stereocenters. The molecule has 16 nitrogen and oxygen atoms in total. The molecule has 0 saturated carbocycles. The van der Waals surface area contributed by atoms with Gasteiger partial charge in [-0.05, 0) is 29.4 Å². The highest BCUT2D eigenvalue weighted by Gasteiger charge is 2.34. The number of hydrogen-bond acceptors (Lipinski definition) is 15. The van der Waals surface area contributed by atoms with Crippen LogP contribution >= 0.6 is 22.6 Å². The summed E-state index contributed by atoms with van der Waals surface area (Å²) in [7, 11) is 0. The van der Waals surface area contributed by atoms with Crippen LogP contribution in [0.25, 0.3) is 0 Å². The topological polar surface area (TPSA) is 157 Å². The zero-order valence-electron chi connectivity index (χ0n) is 33.9. The van der Waals surface area contributed by atoms with E-state index in [0.29, 0.717) is 170 Å². The lowest BCUT2D eigenvalue weighted by Gasteiger charge is -2.13. The van der Waals surface area contributed by atoms with Gasteiger partial charge in [0.05, 0.1) is 183 Å². The number of ether oxygens (including phenoxy) is 13. The van der Waals surface area contributed by atoms with E-state index in [2.05, 4.69) is 22.6 Å². The molecular weight excluding hydrogens is 861 g/mol. The second-order valence-corrected chi connectivity index (χ2v) is 13.5. The molecule has 2 rings (SSSR count). The molecule has 0 radical (unpaired) electrons. The van der Waals surface area contributed by atoms with Crippen LogP contribution < -0.4 is 0 Å². The number of benzene rings is 1. The van der Waals surface area contributed by atoms with Crippen LogP contribution in [0.2, 0.25) is 0 Å². The van der Waals surface area contributed by atoms with Crippen molar-refractivity contribution in [2.24, 2.45) is 0 Å². The lowest BCUT2D eigenvalue weighted by molar-refractivity contribution is -0.0291. The number of rotatable bonds is 45. The van der Waals surface area contributed by atoms with E-state index in [1.807, 2.05) is 0 Å². The summed E-state index contributed by atoms with van der Waals surface area (Å²) < 4.78 is 72.7. The Bertz CT molecular complexity index is 1040. The number of hydrogen-bond donors (Lipinski definition) is 0.